The van der Waals surface area contributed by atoms with Crippen molar-refractivity contribution in [2.45, 2.75) is 20.0 Å². The Kier molecular flexibility index (Phi) is 4.92. The number of nitrogens with two attached hydrogens (primary N) is 1. The van der Waals surface area contributed by atoms with E-state index in [9.17, 15) is 9.90 Å². The van der Waals surface area contributed by atoms with Crippen LogP contribution in [-0.4, -0.2) is 31.2 Å². The van der Waals surface area contributed by atoms with E-state index in [4.69, 9.17) is 5.73 Å². The van der Waals surface area contributed by atoms with Gasteiger partial charge in [-0.2, -0.15) is 4.98 Å². The molecule has 0 saturated heterocycles. The van der Waals surface area contributed by atoms with Gasteiger partial charge in [0.1, 0.15) is 0 Å². The zero-order chi connectivity index (χ0) is 20.4. The first-order chi connectivity index (χ1) is 14.0. The molecule has 0 radical (unpaired) electrons. The summed E-state index contributed by atoms with van der Waals surface area (Å²) in [4.78, 5) is 20.8. The third kappa shape index (κ3) is 3.92. The fraction of sp³-hybridized carbons (Fsp3) is 0.143. The lowest BCUT2D eigenvalue weighted by Crippen LogP contribution is -2.14. The number of anilines is 2. The highest BCUT2D eigenvalue weighted by molar-refractivity contribution is 6.01. The Hall–Kier alpha value is -3.78. The van der Waals surface area contributed by atoms with Crippen molar-refractivity contribution in [1.29, 1.82) is 0 Å². The fourth-order valence-corrected chi connectivity index (χ4v) is 3.34. The third-order valence-electron chi connectivity index (χ3n) is 4.60. The third-order valence-corrected chi connectivity index (χ3v) is 4.60. The lowest BCUT2D eigenvalue weighted by molar-refractivity contribution is 0.101. The molecule has 0 bridgehead atoms. The lowest BCUT2D eigenvalue weighted by atomic mass is 9.99. The van der Waals surface area contributed by atoms with Gasteiger partial charge in [-0.05, 0) is 48.2 Å². The Labute approximate surface area is 166 Å². The first-order valence-electron chi connectivity index (χ1n) is 9.10. The highest BCUT2D eigenvalue weighted by Gasteiger charge is 2.12. The Morgan fingerprint density at radius 1 is 1.14 bits per heavy atom. The van der Waals surface area contributed by atoms with Crippen LogP contribution in [0.2, 0.25) is 0 Å². The number of hydrogen-bond donors (Lipinski definition) is 4. The quantitative estimate of drug-likeness (QED) is 0.416. The number of nitrogens with one attached hydrogen (secondary N) is 2. The molecule has 8 heteroatoms. The van der Waals surface area contributed by atoms with Crippen molar-refractivity contribution < 1.29 is 9.90 Å². The van der Waals surface area contributed by atoms with Crippen LogP contribution in [0.3, 0.4) is 0 Å². The SMILES string of the molecule is Cc1cc(CO)c2cccc(Cc3cccc(NC(=O)c4nc(N)n[nH]4)c3)c2n1. The second kappa shape index (κ2) is 7.69. The molecule has 0 atom stereocenters. The van der Waals surface area contributed by atoms with E-state index >= 15 is 0 Å². The molecular formula is C21H20N6O2. The molecule has 0 saturated carbocycles. The number of nitrogen functional groups attached to an aromatic ring is 1. The van der Waals surface area contributed by atoms with E-state index in [0.717, 1.165) is 33.3 Å². The number of fused-ring (bicyclic) bond motifs is 1. The zero-order valence-electron chi connectivity index (χ0n) is 15.8. The average molecular weight is 388 g/mol. The first-order valence-corrected chi connectivity index (χ1v) is 9.10. The maximum Gasteiger partial charge on any atom is 0.293 e. The van der Waals surface area contributed by atoms with Gasteiger partial charge in [-0.25, -0.2) is 0 Å². The molecule has 0 fully saturated rings. The van der Waals surface area contributed by atoms with Crippen LogP contribution in [0.15, 0.2) is 48.5 Å². The van der Waals surface area contributed by atoms with E-state index in [0.29, 0.717) is 12.1 Å². The summed E-state index contributed by atoms with van der Waals surface area (Å²) in [5.74, 6) is -0.343. The Balaban J connectivity index is 1.61. The molecule has 4 aromatic rings. The van der Waals surface area contributed by atoms with E-state index in [1.165, 1.54) is 0 Å². The van der Waals surface area contributed by atoms with Crippen LogP contribution in [0.1, 0.15) is 33.0 Å². The van der Waals surface area contributed by atoms with Gasteiger partial charge in [0.05, 0.1) is 12.1 Å². The predicted molar refractivity (Wildman–Crippen MR) is 110 cm³/mol. The highest BCUT2D eigenvalue weighted by Crippen LogP contribution is 2.25. The monoisotopic (exact) mass is 388 g/mol. The van der Waals surface area contributed by atoms with Crippen molar-refractivity contribution in [1.82, 2.24) is 20.2 Å². The average Bonchev–Trinajstić information content (AvgIpc) is 3.15. The fourth-order valence-electron chi connectivity index (χ4n) is 3.34. The van der Waals surface area contributed by atoms with Gasteiger partial charge in [-0.3, -0.25) is 14.9 Å². The molecule has 2 aromatic heterocycles. The number of pyridine rings is 1. The lowest BCUT2D eigenvalue weighted by Gasteiger charge is -2.11. The van der Waals surface area contributed by atoms with Crippen molar-refractivity contribution in [3.8, 4) is 0 Å². The van der Waals surface area contributed by atoms with Crippen LogP contribution in [0, 0.1) is 6.92 Å². The number of H-pyrrole nitrogens is 1. The number of carbonyl (C=O) groups excluding carboxylic acids is 1. The van der Waals surface area contributed by atoms with Crippen molar-refractivity contribution in [2.75, 3.05) is 11.1 Å². The molecule has 0 aliphatic heterocycles. The molecular weight excluding hydrogens is 368 g/mol. The summed E-state index contributed by atoms with van der Waals surface area (Å²) in [5.41, 5.74) is 10.7. The smallest absolute Gasteiger partial charge is 0.293 e. The van der Waals surface area contributed by atoms with Gasteiger partial charge in [0.15, 0.2) is 0 Å². The summed E-state index contributed by atoms with van der Waals surface area (Å²) >= 11 is 0. The predicted octanol–water partition coefficient (Wildman–Crippen LogP) is 2.58. The standard InChI is InChI=1S/C21H20N6O2/c1-12-8-15(11-28)17-7-3-5-14(18(17)23-12)9-13-4-2-6-16(10-13)24-20(29)19-25-21(22)27-26-19/h2-8,10,28H,9,11H2,1H3,(H,24,29)(H3,22,25,26,27). The van der Waals surface area contributed by atoms with Crippen molar-refractivity contribution >= 4 is 28.4 Å². The van der Waals surface area contributed by atoms with E-state index in [-0.39, 0.29) is 18.4 Å². The van der Waals surface area contributed by atoms with Gasteiger partial charge in [0.2, 0.25) is 11.8 Å². The van der Waals surface area contributed by atoms with Gasteiger partial charge in [0, 0.05) is 16.8 Å². The van der Waals surface area contributed by atoms with Gasteiger partial charge >= 0.3 is 0 Å². The van der Waals surface area contributed by atoms with E-state index in [1.807, 2.05) is 49.4 Å². The van der Waals surface area contributed by atoms with Gasteiger partial charge < -0.3 is 16.2 Å². The number of hydrogen-bond acceptors (Lipinski definition) is 6. The number of nitrogens with zero attached hydrogens (tertiary/aromatic N) is 3. The van der Waals surface area contributed by atoms with E-state index in [1.54, 1.807) is 6.07 Å². The number of amides is 1. The first kappa shape index (κ1) is 18.6. The second-order valence-corrected chi connectivity index (χ2v) is 6.77. The summed E-state index contributed by atoms with van der Waals surface area (Å²) in [6, 6.07) is 15.4. The molecule has 0 spiro atoms. The van der Waals surface area contributed by atoms with E-state index < -0.39 is 5.91 Å². The highest BCUT2D eigenvalue weighted by atomic mass is 16.3. The van der Waals surface area contributed by atoms with Crippen molar-refractivity contribution in [3.05, 3.63) is 76.7 Å². The minimum absolute atomic E-state index is 0.0184. The number of rotatable bonds is 5. The molecule has 0 unspecified atom stereocenters. The largest absolute Gasteiger partial charge is 0.392 e. The molecule has 1 amide bonds. The minimum Gasteiger partial charge on any atom is -0.392 e. The summed E-state index contributed by atoms with van der Waals surface area (Å²) < 4.78 is 0. The topological polar surface area (TPSA) is 130 Å². The second-order valence-electron chi connectivity index (χ2n) is 6.77. The van der Waals surface area contributed by atoms with Crippen LogP contribution < -0.4 is 11.1 Å². The number of aromatic nitrogens is 4. The summed E-state index contributed by atoms with van der Waals surface area (Å²) in [6.45, 7) is 1.89. The Morgan fingerprint density at radius 3 is 2.72 bits per heavy atom. The summed E-state index contributed by atoms with van der Waals surface area (Å²) in [6.07, 6.45) is 0.637. The number of aryl methyl sites for hydroxylation is 1. The van der Waals surface area contributed by atoms with Crippen LogP contribution in [0.25, 0.3) is 10.9 Å². The Morgan fingerprint density at radius 2 is 1.97 bits per heavy atom. The van der Waals surface area contributed by atoms with E-state index in [2.05, 4.69) is 25.5 Å². The minimum atomic E-state index is -0.415. The summed E-state index contributed by atoms with van der Waals surface area (Å²) in [7, 11) is 0. The van der Waals surface area contributed by atoms with Crippen LogP contribution in [-0.2, 0) is 13.0 Å². The molecule has 0 aliphatic carbocycles. The number of aliphatic hydroxyl groups excluding tert-OH is 1. The van der Waals surface area contributed by atoms with Crippen LogP contribution >= 0.6 is 0 Å². The van der Waals surface area contributed by atoms with Crippen molar-refractivity contribution in [2.24, 2.45) is 0 Å². The zero-order valence-corrected chi connectivity index (χ0v) is 15.8. The molecule has 2 heterocycles. The molecule has 146 valence electrons. The molecule has 0 aliphatic rings. The summed E-state index contributed by atoms with van der Waals surface area (Å²) in [5, 5.41) is 19.5. The van der Waals surface area contributed by atoms with Gasteiger partial charge in [-0.1, -0.05) is 30.3 Å². The normalized spacial score (nSPS) is 11.0. The molecule has 8 nitrogen and oxygen atoms in total. The van der Waals surface area contributed by atoms with Crippen LogP contribution in [0.5, 0.6) is 0 Å². The van der Waals surface area contributed by atoms with Crippen molar-refractivity contribution in [3.63, 3.8) is 0 Å². The van der Waals surface area contributed by atoms with Gasteiger partial charge in [0.25, 0.3) is 5.91 Å². The number of aromatic amines is 1. The number of para-hydroxylation sites is 1. The number of carbonyl (C=O) groups is 1. The molecule has 2 aromatic carbocycles. The molecule has 4 rings (SSSR count). The van der Waals surface area contributed by atoms with Gasteiger partial charge in [-0.15, -0.1) is 5.10 Å². The van der Waals surface area contributed by atoms with Crippen LogP contribution in [0.4, 0.5) is 11.6 Å². The molecule has 29 heavy (non-hydrogen) atoms. The Bertz CT molecular complexity index is 1200. The number of benzene rings is 2. The maximum absolute atomic E-state index is 12.2. The maximum atomic E-state index is 12.2. The number of aliphatic hydroxyl groups is 1. The molecule has 5 N–H and O–H groups in total.